The highest BCUT2D eigenvalue weighted by Gasteiger charge is 2.34. The Kier molecular flexibility index (Phi) is 6.42. The quantitative estimate of drug-likeness (QED) is 0.617. The largest absolute Gasteiger partial charge is 0.491 e. The molecule has 0 spiro atoms. The van der Waals surface area contributed by atoms with Gasteiger partial charge in [0, 0.05) is 12.2 Å². The summed E-state index contributed by atoms with van der Waals surface area (Å²) in [5.74, 6) is 0.502. The number of thiocarbonyl (C=S) groups is 1. The Bertz CT molecular complexity index is 490. The molecule has 0 saturated carbocycles. The van der Waals surface area contributed by atoms with Crippen LogP contribution in [0.4, 0.5) is 13.2 Å². The van der Waals surface area contributed by atoms with Crippen LogP contribution in [0, 0.1) is 5.92 Å². The predicted molar refractivity (Wildman–Crippen MR) is 78.5 cm³/mol. The molecule has 2 N–H and O–H groups in total. The van der Waals surface area contributed by atoms with E-state index in [-0.39, 0.29) is 22.9 Å². The van der Waals surface area contributed by atoms with Gasteiger partial charge in [0.05, 0.1) is 12.2 Å². The number of rotatable bonds is 7. The van der Waals surface area contributed by atoms with Crippen molar-refractivity contribution in [3.05, 3.63) is 29.3 Å². The van der Waals surface area contributed by atoms with Crippen LogP contribution in [0.1, 0.15) is 25.0 Å². The highest BCUT2D eigenvalue weighted by molar-refractivity contribution is 7.80. The lowest BCUT2D eigenvalue weighted by Gasteiger charge is -2.14. The van der Waals surface area contributed by atoms with Crippen LogP contribution in [-0.2, 0) is 10.9 Å². The minimum absolute atomic E-state index is 0.107. The first-order chi connectivity index (χ1) is 9.71. The molecule has 21 heavy (non-hydrogen) atoms. The van der Waals surface area contributed by atoms with Gasteiger partial charge in [-0.05, 0) is 24.1 Å². The third kappa shape index (κ3) is 5.89. The van der Waals surface area contributed by atoms with Crippen molar-refractivity contribution in [3.8, 4) is 5.75 Å². The van der Waals surface area contributed by atoms with Gasteiger partial charge in [-0.25, -0.2) is 0 Å². The molecule has 0 bridgehead atoms. The van der Waals surface area contributed by atoms with E-state index in [1.54, 1.807) is 0 Å². The molecule has 0 unspecified atom stereocenters. The smallest absolute Gasteiger partial charge is 0.417 e. The molecule has 0 aromatic heterocycles. The fourth-order valence-electron chi connectivity index (χ4n) is 1.60. The van der Waals surface area contributed by atoms with Crippen LogP contribution < -0.4 is 10.5 Å². The minimum Gasteiger partial charge on any atom is -0.491 e. The lowest BCUT2D eigenvalue weighted by Crippen LogP contribution is -2.18. The molecule has 0 amide bonds. The third-order valence-corrected chi connectivity index (χ3v) is 2.73. The van der Waals surface area contributed by atoms with Crippen LogP contribution in [0.25, 0.3) is 0 Å². The number of alkyl halides is 3. The van der Waals surface area contributed by atoms with Gasteiger partial charge in [-0.3, -0.25) is 0 Å². The first kappa shape index (κ1) is 17.7. The Morgan fingerprint density at radius 1 is 1.29 bits per heavy atom. The molecule has 0 aliphatic heterocycles. The third-order valence-electron chi connectivity index (χ3n) is 2.51. The molecule has 0 heterocycles. The van der Waals surface area contributed by atoms with Gasteiger partial charge in [-0.1, -0.05) is 26.1 Å². The van der Waals surface area contributed by atoms with E-state index >= 15 is 0 Å². The minimum atomic E-state index is -4.54. The molecule has 1 aromatic rings. The maximum Gasteiger partial charge on any atom is 0.417 e. The van der Waals surface area contributed by atoms with Crippen LogP contribution in [-0.4, -0.2) is 24.8 Å². The Labute approximate surface area is 127 Å². The van der Waals surface area contributed by atoms with Crippen molar-refractivity contribution in [1.29, 1.82) is 0 Å². The van der Waals surface area contributed by atoms with Gasteiger partial charge in [-0.2, -0.15) is 13.2 Å². The second kappa shape index (κ2) is 7.61. The van der Waals surface area contributed by atoms with E-state index in [2.05, 4.69) is 12.2 Å². The lowest BCUT2D eigenvalue weighted by molar-refractivity contribution is -0.137. The maximum atomic E-state index is 12.9. The zero-order valence-electron chi connectivity index (χ0n) is 11.9. The zero-order valence-corrected chi connectivity index (χ0v) is 12.7. The number of halogens is 3. The van der Waals surface area contributed by atoms with Crippen LogP contribution >= 0.6 is 12.2 Å². The predicted octanol–water partition coefficient (Wildman–Crippen LogP) is 3.39. The van der Waals surface area contributed by atoms with Gasteiger partial charge in [0.15, 0.2) is 0 Å². The molecular weight excluding hydrogens is 303 g/mol. The average molecular weight is 321 g/mol. The van der Waals surface area contributed by atoms with Crippen molar-refractivity contribution >= 4 is 17.2 Å². The Morgan fingerprint density at radius 3 is 2.48 bits per heavy atom. The number of hydrogen-bond acceptors (Lipinski definition) is 3. The highest BCUT2D eigenvalue weighted by atomic mass is 32.1. The van der Waals surface area contributed by atoms with Crippen molar-refractivity contribution in [2.75, 3.05) is 19.8 Å². The van der Waals surface area contributed by atoms with Crippen molar-refractivity contribution < 1.29 is 22.6 Å². The summed E-state index contributed by atoms with van der Waals surface area (Å²) in [6.07, 6.45) is -4.54. The van der Waals surface area contributed by atoms with E-state index in [1.807, 2.05) is 13.8 Å². The first-order valence-electron chi connectivity index (χ1n) is 6.43. The van der Waals surface area contributed by atoms with Gasteiger partial charge in [0.2, 0.25) is 0 Å². The van der Waals surface area contributed by atoms with Crippen LogP contribution in [0.3, 0.4) is 0 Å². The van der Waals surface area contributed by atoms with Gasteiger partial charge < -0.3 is 15.2 Å². The lowest BCUT2D eigenvalue weighted by atomic mass is 10.1. The number of hydrogen-bond donors (Lipinski definition) is 1. The van der Waals surface area contributed by atoms with E-state index in [1.165, 1.54) is 12.1 Å². The van der Waals surface area contributed by atoms with E-state index in [9.17, 15) is 13.2 Å². The Hall–Kier alpha value is -1.34. The van der Waals surface area contributed by atoms with Gasteiger partial charge in [0.1, 0.15) is 17.3 Å². The molecule has 1 rings (SSSR count). The fourth-order valence-corrected chi connectivity index (χ4v) is 1.78. The van der Waals surface area contributed by atoms with Crippen LogP contribution in [0.2, 0.25) is 0 Å². The van der Waals surface area contributed by atoms with Crippen LogP contribution in [0.5, 0.6) is 5.75 Å². The maximum absolute atomic E-state index is 12.9. The summed E-state index contributed by atoms with van der Waals surface area (Å²) in [4.78, 5) is -0.297. The second-order valence-corrected chi connectivity index (χ2v) is 5.33. The van der Waals surface area contributed by atoms with Crippen molar-refractivity contribution in [2.45, 2.75) is 20.0 Å². The molecule has 0 radical (unpaired) electrons. The summed E-state index contributed by atoms with van der Waals surface area (Å²) in [6.45, 7) is 5.08. The summed E-state index contributed by atoms with van der Waals surface area (Å²) in [7, 11) is 0. The summed E-state index contributed by atoms with van der Waals surface area (Å²) in [5, 5.41) is 0. The summed E-state index contributed by atoms with van der Waals surface area (Å²) in [6, 6.07) is 3.53. The Morgan fingerprint density at radius 2 is 1.95 bits per heavy atom. The second-order valence-electron chi connectivity index (χ2n) is 4.89. The van der Waals surface area contributed by atoms with Gasteiger partial charge in [-0.15, -0.1) is 0 Å². The van der Waals surface area contributed by atoms with Gasteiger partial charge >= 0.3 is 6.18 Å². The molecule has 3 nitrogen and oxygen atoms in total. The molecule has 0 fully saturated rings. The molecule has 118 valence electrons. The zero-order chi connectivity index (χ0) is 16.0. The summed E-state index contributed by atoms with van der Waals surface area (Å²) in [5.41, 5.74) is 4.20. The number of ether oxygens (including phenoxy) is 2. The molecule has 0 aliphatic rings. The highest BCUT2D eigenvalue weighted by Crippen LogP contribution is 2.34. The van der Waals surface area contributed by atoms with E-state index < -0.39 is 11.7 Å². The number of nitrogens with two attached hydrogens (primary N) is 1. The standard InChI is InChI=1S/C14H18F3NO2S/c1-9(2)8-19-5-6-20-10-3-4-11(13(18)21)12(7-10)14(15,16)17/h3-4,7,9H,5-6,8H2,1-2H3,(H2,18,21). The van der Waals surface area contributed by atoms with Crippen molar-refractivity contribution in [3.63, 3.8) is 0 Å². The van der Waals surface area contributed by atoms with Crippen molar-refractivity contribution in [1.82, 2.24) is 0 Å². The molecule has 0 saturated heterocycles. The van der Waals surface area contributed by atoms with E-state index in [0.29, 0.717) is 19.1 Å². The van der Waals surface area contributed by atoms with Crippen molar-refractivity contribution in [2.24, 2.45) is 11.7 Å². The molecule has 0 atom stereocenters. The monoisotopic (exact) mass is 321 g/mol. The normalized spacial score (nSPS) is 11.7. The summed E-state index contributed by atoms with van der Waals surface area (Å²) < 4.78 is 49.3. The average Bonchev–Trinajstić information content (AvgIpc) is 2.36. The van der Waals surface area contributed by atoms with Gasteiger partial charge in [0.25, 0.3) is 0 Å². The molecule has 7 heteroatoms. The molecular formula is C14H18F3NO2S. The molecule has 1 aromatic carbocycles. The van der Waals surface area contributed by atoms with E-state index in [0.717, 1.165) is 6.07 Å². The molecule has 0 aliphatic carbocycles. The number of benzene rings is 1. The van der Waals surface area contributed by atoms with E-state index in [4.69, 9.17) is 15.2 Å². The summed E-state index contributed by atoms with van der Waals surface area (Å²) >= 11 is 4.62. The fraction of sp³-hybridized carbons (Fsp3) is 0.500. The van der Waals surface area contributed by atoms with Crippen LogP contribution in [0.15, 0.2) is 18.2 Å². The topological polar surface area (TPSA) is 44.5 Å². The Balaban J connectivity index is 2.71. The first-order valence-corrected chi connectivity index (χ1v) is 6.84. The SMILES string of the molecule is CC(C)COCCOc1ccc(C(N)=S)c(C(F)(F)F)c1.